The molecule has 21 heavy (non-hydrogen) atoms. The first-order valence-electron chi connectivity index (χ1n) is 6.16. The first-order valence-corrected chi connectivity index (χ1v) is 7.82. The summed E-state index contributed by atoms with van der Waals surface area (Å²) in [6, 6.07) is 0. The minimum Gasteiger partial charge on any atom is -0.469 e. The summed E-state index contributed by atoms with van der Waals surface area (Å²) in [7, 11) is -0.828. The molecule has 0 aliphatic heterocycles. The summed E-state index contributed by atoms with van der Waals surface area (Å²) in [4.78, 5) is 22.1. The van der Waals surface area contributed by atoms with Crippen LogP contribution in [-0.4, -0.2) is 50.0 Å². The lowest BCUT2D eigenvalue weighted by molar-refractivity contribution is -0.140. The molecule has 0 fully saturated rings. The fourth-order valence-corrected chi connectivity index (χ4v) is 2.56. The predicted octanol–water partition coefficient (Wildman–Crippen LogP) is -0.676. The molecule has 10 heteroatoms. The van der Waals surface area contributed by atoms with Crippen LogP contribution in [0.15, 0.2) is 12.4 Å². The second-order valence-corrected chi connectivity index (χ2v) is 6.04. The lowest BCUT2D eigenvalue weighted by Gasteiger charge is -2.05. The molecule has 1 amide bonds. The number of carbonyl (C=O) groups excluding carboxylic acids is 2. The SMILES string of the molecule is CNC(=O)Cn1cc(NS(=O)(=O)CCCC(=O)OC)cn1. The van der Waals surface area contributed by atoms with Gasteiger partial charge in [-0.05, 0) is 6.42 Å². The van der Waals surface area contributed by atoms with Crippen molar-refractivity contribution in [3.8, 4) is 0 Å². The Balaban J connectivity index is 2.51. The highest BCUT2D eigenvalue weighted by molar-refractivity contribution is 7.92. The van der Waals surface area contributed by atoms with Gasteiger partial charge in [-0.1, -0.05) is 0 Å². The Morgan fingerprint density at radius 2 is 2.14 bits per heavy atom. The number of nitrogens with zero attached hydrogens (tertiary/aromatic N) is 2. The number of aromatic nitrogens is 2. The van der Waals surface area contributed by atoms with Crippen LogP contribution in [0.2, 0.25) is 0 Å². The number of rotatable bonds is 8. The average Bonchev–Trinajstić information content (AvgIpc) is 2.84. The van der Waals surface area contributed by atoms with Gasteiger partial charge >= 0.3 is 5.97 Å². The van der Waals surface area contributed by atoms with Crippen molar-refractivity contribution in [2.24, 2.45) is 0 Å². The van der Waals surface area contributed by atoms with E-state index in [2.05, 4.69) is 19.9 Å². The van der Waals surface area contributed by atoms with Crippen molar-refractivity contribution in [1.29, 1.82) is 0 Å². The Morgan fingerprint density at radius 3 is 2.76 bits per heavy atom. The van der Waals surface area contributed by atoms with Gasteiger partial charge in [0.1, 0.15) is 6.54 Å². The van der Waals surface area contributed by atoms with Crippen molar-refractivity contribution in [1.82, 2.24) is 15.1 Å². The molecule has 0 bridgehead atoms. The Morgan fingerprint density at radius 1 is 1.43 bits per heavy atom. The van der Waals surface area contributed by atoms with Gasteiger partial charge in [-0.3, -0.25) is 19.0 Å². The maximum Gasteiger partial charge on any atom is 0.305 e. The molecule has 0 atom stereocenters. The summed E-state index contributed by atoms with van der Waals surface area (Å²) in [6.07, 6.45) is 2.91. The topological polar surface area (TPSA) is 119 Å². The molecule has 0 aliphatic rings. The van der Waals surface area contributed by atoms with Crippen LogP contribution in [0.5, 0.6) is 0 Å². The van der Waals surface area contributed by atoms with E-state index < -0.39 is 16.0 Å². The van der Waals surface area contributed by atoms with E-state index in [0.29, 0.717) is 0 Å². The number of methoxy groups -OCH3 is 1. The second kappa shape index (κ2) is 7.62. The minimum atomic E-state index is -3.57. The number of amides is 1. The van der Waals surface area contributed by atoms with E-state index in [1.807, 2.05) is 0 Å². The van der Waals surface area contributed by atoms with Crippen LogP contribution in [0, 0.1) is 0 Å². The fraction of sp³-hybridized carbons (Fsp3) is 0.545. The van der Waals surface area contributed by atoms with Gasteiger partial charge in [0.2, 0.25) is 15.9 Å². The molecule has 0 unspecified atom stereocenters. The van der Waals surface area contributed by atoms with Crippen molar-refractivity contribution in [2.75, 3.05) is 24.6 Å². The van der Waals surface area contributed by atoms with Gasteiger partial charge in [-0.15, -0.1) is 0 Å². The van der Waals surface area contributed by atoms with Crippen LogP contribution in [0.3, 0.4) is 0 Å². The minimum absolute atomic E-state index is 0.000564. The molecular formula is C11H18N4O5S. The monoisotopic (exact) mass is 318 g/mol. The standard InChI is InChI=1S/C11H18N4O5S/c1-12-10(16)8-15-7-9(6-13-15)14-21(18,19)5-3-4-11(17)20-2/h6-7,14H,3-5,8H2,1-2H3,(H,12,16). The van der Waals surface area contributed by atoms with Crippen molar-refractivity contribution >= 4 is 27.6 Å². The van der Waals surface area contributed by atoms with Crippen LogP contribution < -0.4 is 10.0 Å². The van der Waals surface area contributed by atoms with Crippen LogP contribution in [0.4, 0.5) is 5.69 Å². The van der Waals surface area contributed by atoms with E-state index in [-0.39, 0.29) is 36.7 Å². The summed E-state index contributed by atoms with van der Waals surface area (Å²) >= 11 is 0. The van der Waals surface area contributed by atoms with E-state index in [1.54, 1.807) is 0 Å². The third-order valence-electron chi connectivity index (χ3n) is 2.51. The summed E-state index contributed by atoms with van der Waals surface area (Å²) in [5, 5.41) is 6.30. The maximum atomic E-state index is 11.8. The predicted molar refractivity (Wildman–Crippen MR) is 75.0 cm³/mol. The number of esters is 1. The molecule has 1 heterocycles. The first kappa shape index (κ1) is 17.0. The molecule has 0 spiro atoms. The third kappa shape index (κ3) is 6.25. The molecule has 2 N–H and O–H groups in total. The zero-order valence-corrected chi connectivity index (χ0v) is 12.6. The van der Waals surface area contributed by atoms with Gasteiger partial charge in [0.25, 0.3) is 0 Å². The highest BCUT2D eigenvalue weighted by Gasteiger charge is 2.13. The third-order valence-corrected chi connectivity index (χ3v) is 3.89. The van der Waals surface area contributed by atoms with E-state index in [0.717, 1.165) is 0 Å². The lowest BCUT2D eigenvalue weighted by atomic mass is 10.3. The van der Waals surface area contributed by atoms with Crippen molar-refractivity contribution in [3.05, 3.63) is 12.4 Å². The van der Waals surface area contributed by atoms with Crippen LogP contribution in [-0.2, 0) is 30.9 Å². The Bertz CT molecular complexity index is 596. The average molecular weight is 318 g/mol. The number of hydrogen-bond donors (Lipinski definition) is 2. The number of anilines is 1. The van der Waals surface area contributed by atoms with E-state index in [1.165, 1.54) is 31.2 Å². The molecular weight excluding hydrogens is 300 g/mol. The molecule has 9 nitrogen and oxygen atoms in total. The zero-order valence-electron chi connectivity index (χ0n) is 11.8. The molecule has 0 radical (unpaired) electrons. The first-order chi connectivity index (χ1) is 9.86. The fourth-order valence-electron chi connectivity index (χ4n) is 1.47. The molecule has 1 aromatic rings. The molecule has 0 aromatic carbocycles. The van der Waals surface area contributed by atoms with Crippen LogP contribution in [0.25, 0.3) is 0 Å². The smallest absolute Gasteiger partial charge is 0.305 e. The highest BCUT2D eigenvalue weighted by Crippen LogP contribution is 2.09. The number of sulfonamides is 1. The number of nitrogens with one attached hydrogen (secondary N) is 2. The molecule has 1 rings (SSSR count). The largest absolute Gasteiger partial charge is 0.469 e. The number of carbonyl (C=O) groups is 2. The molecule has 1 aromatic heterocycles. The number of likely N-dealkylation sites (N-methyl/N-ethyl adjacent to an activating group) is 1. The Hall–Kier alpha value is -2.10. The Labute approximate surface area is 122 Å². The Kier molecular flexibility index (Phi) is 6.15. The van der Waals surface area contributed by atoms with Crippen molar-refractivity contribution < 1.29 is 22.7 Å². The van der Waals surface area contributed by atoms with Gasteiger partial charge in [-0.2, -0.15) is 5.10 Å². The van der Waals surface area contributed by atoms with Crippen LogP contribution >= 0.6 is 0 Å². The van der Waals surface area contributed by atoms with Gasteiger partial charge in [-0.25, -0.2) is 8.42 Å². The molecule has 0 aliphatic carbocycles. The second-order valence-electron chi connectivity index (χ2n) is 4.20. The molecule has 0 saturated heterocycles. The van der Waals surface area contributed by atoms with E-state index >= 15 is 0 Å². The van der Waals surface area contributed by atoms with Gasteiger partial charge in [0.05, 0.1) is 24.7 Å². The maximum absolute atomic E-state index is 11.8. The molecule has 118 valence electrons. The van der Waals surface area contributed by atoms with Crippen LogP contribution in [0.1, 0.15) is 12.8 Å². The number of ether oxygens (including phenoxy) is 1. The highest BCUT2D eigenvalue weighted by atomic mass is 32.2. The van der Waals surface area contributed by atoms with E-state index in [4.69, 9.17) is 0 Å². The van der Waals surface area contributed by atoms with Gasteiger partial charge < -0.3 is 10.1 Å². The normalized spacial score (nSPS) is 11.0. The lowest BCUT2D eigenvalue weighted by Crippen LogP contribution is -2.23. The summed E-state index contributed by atoms with van der Waals surface area (Å²) in [5.74, 6) is -0.905. The van der Waals surface area contributed by atoms with Crippen molar-refractivity contribution in [2.45, 2.75) is 19.4 Å². The quantitative estimate of drug-likeness (QED) is 0.613. The number of hydrogen-bond acceptors (Lipinski definition) is 6. The molecule has 0 saturated carbocycles. The summed E-state index contributed by atoms with van der Waals surface area (Å²) in [6.45, 7) is 0.000564. The van der Waals surface area contributed by atoms with Gasteiger partial charge in [0, 0.05) is 19.7 Å². The van der Waals surface area contributed by atoms with Gasteiger partial charge in [0.15, 0.2) is 0 Å². The summed E-state index contributed by atoms with van der Waals surface area (Å²) in [5.41, 5.74) is 0.261. The van der Waals surface area contributed by atoms with Crippen molar-refractivity contribution in [3.63, 3.8) is 0 Å². The zero-order chi connectivity index (χ0) is 15.9. The summed E-state index contributed by atoms with van der Waals surface area (Å²) < 4.78 is 31.6. The van der Waals surface area contributed by atoms with E-state index in [9.17, 15) is 18.0 Å².